The molecule has 132 valence electrons. The van der Waals surface area contributed by atoms with Gasteiger partial charge < -0.3 is 14.9 Å². The minimum Gasteiger partial charge on any atom is -0.434 e. The van der Waals surface area contributed by atoms with Crippen molar-refractivity contribution in [1.29, 1.82) is 0 Å². The summed E-state index contributed by atoms with van der Waals surface area (Å²) < 4.78 is 29.0. The lowest BCUT2D eigenvalue weighted by atomic mass is 10.1. The van der Waals surface area contributed by atoms with Crippen LogP contribution in [0, 0.1) is 13.8 Å². The maximum absolute atomic E-state index is 12.3. The first kappa shape index (κ1) is 18.4. The molecule has 0 saturated carbocycles. The van der Waals surface area contributed by atoms with Gasteiger partial charge in [0.15, 0.2) is 6.61 Å². The highest BCUT2D eigenvalue weighted by Crippen LogP contribution is 2.18. The molecule has 25 heavy (non-hydrogen) atoms. The summed E-state index contributed by atoms with van der Waals surface area (Å²) in [6.45, 7) is 0.630. The third kappa shape index (κ3) is 6.21. The zero-order chi connectivity index (χ0) is 18.2. The molecular formula is C18H18F2N2O3. The minimum atomic E-state index is -2.93. The zero-order valence-electron chi connectivity index (χ0n) is 13.8. The number of nitrogens with one attached hydrogen (secondary N) is 1. The molecule has 0 unspecified atom stereocenters. The van der Waals surface area contributed by atoms with E-state index in [0.29, 0.717) is 11.3 Å². The van der Waals surface area contributed by atoms with Crippen LogP contribution in [0.1, 0.15) is 16.7 Å². The van der Waals surface area contributed by atoms with Crippen LogP contribution in [-0.2, 0) is 9.63 Å². The van der Waals surface area contributed by atoms with Gasteiger partial charge in [0.1, 0.15) is 5.75 Å². The van der Waals surface area contributed by atoms with E-state index >= 15 is 0 Å². The maximum atomic E-state index is 12.3. The number of hydrogen-bond donors (Lipinski definition) is 1. The molecule has 2 rings (SSSR count). The van der Waals surface area contributed by atoms with Gasteiger partial charge in [-0.1, -0.05) is 23.4 Å². The molecule has 0 spiro atoms. The van der Waals surface area contributed by atoms with Crippen LogP contribution < -0.4 is 10.1 Å². The number of amides is 1. The summed E-state index contributed by atoms with van der Waals surface area (Å²) in [6, 6.07) is 11.8. The van der Waals surface area contributed by atoms with Gasteiger partial charge in [0, 0.05) is 11.3 Å². The molecule has 0 aliphatic carbocycles. The fourth-order valence-electron chi connectivity index (χ4n) is 2.22. The number of para-hydroxylation sites is 1. The van der Waals surface area contributed by atoms with Gasteiger partial charge in [0.05, 0.1) is 6.21 Å². The van der Waals surface area contributed by atoms with Gasteiger partial charge in [0.25, 0.3) is 5.91 Å². The largest absolute Gasteiger partial charge is 0.434 e. The molecule has 1 N–H and O–H groups in total. The molecule has 7 heteroatoms. The lowest BCUT2D eigenvalue weighted by Gasteiger charge is -2.07. The second-order valence-corrected chi connectivity index (χ2v) is 5.35. The Balaban J connectivity index is 1.88. The van der Waals surface area contributed by atoms with Gasteiger partial charge >= 0.3 is 6.61 Å². The van der Waals surface area contributed by atoms with E-state index in [0.717, 1.165) is 11.1 Å². The summed E-state index contributed by atoms with van der Waals surface area (Å²) >= 11 is 0. The summed E-state index contributed by atoms with van der Waals surface area (Å²) in [5.41, 5.74) is 3.05. The molecule has 0 aliphatic heterocycles. The van der Waals surface area contributed by atoms with Crippen LogP contribution in [0.5, 0.6) is 5.75 Å². The zero-order valence-corrected chi connectivity index (χ0v) is 13.8. The Hall–Kier alpha value is -2.96. The quantitative estimate of drug-likeness (QED) is 0.610. The SMILES string of the molecule is Cc1cc(C)cc(NC(=O)CO/N=C\c2ccccc2OC(F)F)c1. The van der Waals surface area contributed by atoms with Crippen molar-refractivity contribution in [3.63, 3.8) is 0 Å². The number of oxime groups is 1. The summed E-state index contributed by atoms with van der Waals surface area (Å²) in [5.74, 6) is -0.399. The molecule has 1 amide bonds. The van der Waals surface area contributed by atoms with Gasteiger partial charge in [-0.05, 0) is 49.2 Å². The van der Waals surface area contributed by atoms with E-state index in [2.05, 4.69) is 15.2 Å². The van der Waals surface area contributed by atoms with E-state index in [-0.39, 0.29) is 18.3 Å². The first-order chi connectivity index (χ1) is 11.9. The number of alkyl halides is 2. The molecule has 0 heterocycles. The van der Waals surface area contributed by atoms with Gasteiger partial charge in [-0.3, -0.25) is 4.79 Å². The molecule has 2 aromatic rings. The highest BCUT2D eigenvalue weighted by atomic mass is 19.3. The Morgan fingerprint density at radius 2 is 1.88 bits per heavy atom. The van der Waals surface area contributed by atoms with Crippen molar-refractivity contribution in [2.75, 3.05) is 11.9 Å². The average molecular weight is 348 g/mol. The lowest BCUT2D eigenvalue weighted by molar-refractivity contribution is -0.120. The monoisotopic (exact) mass is 348 g/mol. The fourth-order valence-corrected chi connectivity index (χ4v) is 2.22. The average Bonchev–Trinajstić information content (AvgIpc) is 2.51. The molecule has 0 fully saturated rings. The van der Waals surface area contributed by atoms with Crippen molar-refractivity contribution in [3.8, 4) is 5.75 Å². The number of carbonyl (C=O) groups excluding carboxylic acids is 1. The number of nitrogens with zero attached hydrogens (tertiary/aromatic N) is 1. The third-order valence-electron chi connectivity index (χ3n) is 3.10. The van der Waals surface area contributed by atoms with Crippen molar-refractivity contribution in [1.82, 2.24) is 0 Å². The van der Waals surface area contributed by atoms with Crippen molar-refractivity contribution in [2.24, 2.45) is 5.16 Å². The Morgan fingerprint density at radius 1 is 1.20 bits per heavy atom. The normalized spacial score (nSPS) is 10.9. The van der Waals surface area contributed by atoms with E-state index in [4.69, 9.17) is 4.84 Å². The van der Waals surface area contributed by atoms with Crippen LogP contribution in [0.2, 0.25) is 0 Å². The molecular weight excluding hydrogens is 330 g/mol. The number of hydrogen-bond acceptors (Lipinski definition) is 4. The summed E-state index contributed by atoms with van der Waals surface area (Å²) in [7, 11) is 0. The first-order valence-electron chi connectivity index (χ1n) is 7.51. The van der Waals surface area contributed by atoms with Crippen LogP contribution in [0.25, 0.3) is 0 Å². The first-order valence-corrected chi connectivity index (χ1v) is 7.51. The van der Waals surface area contributed by atoms with Gasteiger partial charge in [-0.2, -0.15) is 8.78 Å². The van der Waals surface area contributed by atoms with Crippen LogP contribution in [0.15, 0.2) is 47.6 Å². The number of ether oxygens (including phenoxy) is 1. The highest BCUT2D eigenvalue weighted by molar-refractivity contribution is 5.92. The molecule has 0 aromatic heterocycles. The number of aryl methyl sites for hydroxylation is 2. The summed E-state index contributed by atoms with van der Waals surface area (Å²) in [6.07, 6.45) is 1.21. The number of carbonyl (C=O) groups is 1. The molecule has 2 aromatic carbocycles. The van der Waals surface area contributed by atoms with Crippen LogP contribution in [0.3, 0.4) is 0 Å². The number of anilines is 1. The van der Waals surface area contributed by atoms with E-state index < -0.39 is 6.61 Å². The van der Waals surface area contributed by atoms with Crippen molar-refractivity contribution in [2.45, 2.75) is 20.5 Å². The smallest absolute Gasteiger partial charge is 0.387 e. The van der Waals surface area contributed by atoms with Gasteiger partial charge in [-0.15, -0.1) is 0 Å². The molecule has 5 nitrogen and oxygen atoms in total. The highest BCUT2D eigenvalue weighted by Gasteiger charge is 2.08. The van der Waals surface area contributed by atoms with Crippen LogP contribution >= 0.6 is 0 Å². The Bertz CT molecular complexity index is 743. The van der Waals surface area contributed by atoms with Crippen molar-refractivity contribution in [3.05, 3.63) is 59.2 Å². The summed E-state index contributed by atoms with van der Waals surface area (Å²) in [5, 5.41) is 6.31. The van der Waals surface area contributed by atoms with E-state index in [9.17, 15) is 13.6 Å². The number of benzene rings is 2. The number of rotatable bonds is 7. The van der Waals surface area contributed by atoms with E-state index in [1.165, 1.54) is 12.3 Å². The second-order valence-electron chi connectivity index (χ2n) is 5.35. The lowest BCUT2D eigenvalue weighted by Crippen LogP contribution is -2.17. The van der Waals surface area contributed by atoms with Gasteiger partial charge in [-0.25, -0.2) is 0 Å². The Labute approximate surface area is 144 Å². The fraction of sp³-hybridized carbons (Fsp3) is 0.222. The molecule has 0 aliphatic rings. The molecule has 0 radical (unpaired) electrons. The molecule has 0 bridgehead atoms. The van der Waals surface area contributed by atoms with Crippen LogP contribution in [0.4, 0.5) is 14.5 Å². The van der Waals surface area contributed by atoms with Crippen LogP contribution in [-0.4, -0.2) is 25.3 Å². The summed E-state index contributed by atoms with van der Waals surface area (Å²) in [4.78, 5) is 16.7. The Morgan fingerprint density at radius 3 is 2.56 bits per heavy atom. The van der Waals surface area contributed by atoms with E-state index in [1.807, 2.05) is 32.0 Å². The maximum Gasteiger partial charge on any atom is 0.387 e. The third-order valence-corrected chi connectivity index (χ3v) is 3.10. The van der Waals surface area contributed by atoms with Crippen molar-refractivity contribution >= 4 is 17.8 Å². The topological polar surface area (TPSA) is 59.9 Å². The Kier molecular flexibility index (Phi) is 6.45. The standard InChI is InChI=1S/C18H18F2N2O3/c1-12-7-13(2)9-15(8-12)22-17(23)11-24-21-10-14-5-3-4-6-16(14)25-18(19)20/h3-10,18H,11H2,1-2H3,(H,22,23)/b21-10-. The predicted octanol–water partition coefficient (Wildman–Crippen LogP) is 3.89. The number of halogens is 2. The molecule has 0 saturated heterocycles. The molecule has 0 atom stereocenters. The minimum absolute atomic E-state index is 0.0236. The van der Waals surface area contributed by atoms with E-state index in [1.54, 1.807) is 18.2 Å². The van der Waals surface area contributed by atoms with Crippen molar-refractivity contribution < 1.29 is 23.1 Å². The second kappa shape index (κ2) is 8.77. The predicted molar refractivity (Wildman–Crippen MR) is 91.2 cm³/mol. The van der Waals surface area contributed by atoms with Gasteiger partial charge in [0.2, 0.25) is 0 Å².